The second kappa shape index (κ2) is 6.78. The molecule has 0 aliphatic rings. The molecule has 19 heavy (non-hydrogen) atoms. The lowest BCUT2D eigenvalue weighted by molar-refractivity contribution is -0.140. The Bertz CT molecular complexity index is 472. The molecule has 104 valence electrons. The highest BCUT2D eigenvalue weighted by Crippen LogP contribution is 2.15. The van der Waals surface area contributed by atoms with Gasteiger partial charge in [-0.25, -0.2) is 0 Å². The van der Waals surface area contributed by atoms with Crippen LogP contribution < -0.4 is 5.73 Å². The van der Waals surface area contributed by atoms with Crippen LogP contribution in [0, 0.1) is 6.92 Å². The first-order valence-corrected chi connectivity index (χ1v) is 6.14. The standard InChI is InChI=1S/C14H20N2O3/c1-10-6-7-12(15)11(9-10)14(18)16(2)8-4-5-13(17)19-3/h6-7,9H,4-5,8,15H2,1-3H3. The number of anilines is 1. The number of esters is 1. The van der Waals surface area contributed by atoms with Crippen LogP contribution in [0.4, 0.5) is 5.69 Å². The number of nitrogen functional groups attached to an aromatic ring is 1. The summed E-state index contributed by atoms with van der Waals surface area (Å²) in [6, 6.07) is 5.36. The van der Waals surface area contributed by atoms with E-state index in [0.717, 1.165) is 5.56 Å². The van der Waals surface area contributed by atoms with Crippen molar-refractivity contribution in [2.24, 2.45) is 0 Å². The largest absolute Gasteiger partial charge is 0.469 e. The lowest BCUT2D eigenvalue weighted by atomic mass is 10.1. The third-order valence-corrected chi connectivity index (χ3v) is 2.89. The smallest absolute Gasteiger partial charge is 0.305 e. The van der Waals surface area contributed by atoms with Gasteiger partial charge in [-0.1, -0.05) is 11.6 Å². The van der Waals surface area contributed by atoms with Crippen LogP contribution in [0.1, 0.15) is 28.8 Å². The van der Waals surface area contributed by atoms with Crippen LogP contribution in [-0.4, -0.2) is 37.5 Å². The summed E-state index contributed by atoms with van der Waals surface area (Å²) in [6.07, 6.45) is 0.873. The summed E-state index contributed by atoms with van der Waals surface area (Å²) in [4.78, 5) is 24.7. The minimum Gasteiger partial charge on any atom is -0.469 e. The molecule has 0 aliphatic carbocycles. The minimum absolute atomic E-state index is 0.133. The summed E-state index contributed by atoms with van der Waals surface area (Å²) in [5.74, 6) is -0.401. The Balaban J connectivity index is 2.61. The van der Waals surface area contributed by atoms with Crippen LogP contribution in [-0.2, 0) is 9.53 Å². The molecule has 5 nitrogen and oxygen atoms in total. The zero-order valence-electron chi connectivity index (χ0n) is 11.6. The van der Waals surface area contributed by atoms with Gasteiger partial charge in [0.15, 0.2) is 0 Å². The van der Waals surface area contributed by atoms with Gasteiger partial charge in [-0.05, 0) is 25.5 Å². The average molecular weight is 264 g/mol. The third kappa shape index (κ3) is 4.28. The average Bonchev–Trinajstić information content (AvgIpc) is 2.40. The maximum Gasteiger partial charge on any atom is 0.305 e. The molecule has 1 rings (SSSR count). The molecule has 1 amide bonds. The predicted molar refractivity (Wildman–Crippen MR) is 73.8 cm³/mol. The number of carbonyl (C=O) groups is 2. The number of benzene rings is 1. The van der Waals surface area contributed by atoms with Crippen molar-refractivity contribution in [1.82, 2.24) is 4.90 Å². The van der Waals surface area contributed by atoms with Gasteiger partial charge < -0.3 is 15.4 Å². The number of nitrogens with two attached hydrogens (primary N) is 1. The molecule has 0 saturated heterocycles. The monoisotopic (exact) mass is 264 g/mol. The van der Waals surface area contributed by atoms with Crippen molar-refractivity contribution in [1.29, 1.82) is 0 Å². The van der Waals surface area contributed by atoms with Gasteiger partial charge in [-0.3, -0.25) is 9.59 Å². The quantitative estimate of drug-likeness (QED) is 0.647. The molecular weight excluding hydrogens is 244 g/mol. The van der Waals surface area contributed by atoms with Gasteiger partial charge in [0.05, 0.1) is 12.7 Å². The van der Waals surface area contributed by atoms with E-state index in [9.17, 15) is 9.59 Å². The summed E-state index contributed by atoms with van der Waals surface area (Å²) >= 11 is 0. The van der Waals surface area contributed by atoms with Crippen LogP contribution in [0.25, 0.3) is 0 Å². The summed E-state index contributed by atoms with van der Waals surface area (Å²) in [5, 5.41) is 0. The van der Waals surface area contributed by atoms with Crippen molar-refractivity contribution < 1.29 is 14.3 Å². The number of ether oxygens (including phenoxy) is 1. The van der Waals surface area contributed by atoms with Gasteiger partial charge in [-0.2, -0.15) is 0 Å². The van der Waals surface area contributed by atoms with E-state index in [1.54, 1.807) is 24.1 Å². The number of methoxy groups -OCH3 is 1. The van der Waals surface area contributed by atoms with Crippen LogP contribution in [0.5, 0.6) is 0 Å². The normalized spacial score (nSPS) is 10.1. The predicted octanol–water partition coefficient (Wildman–Crippen LogP) is 1.60. The van der Waals surface area contributed by atoms with E-state index in [1.807, 2.05) is 13.0 Å². The summed E-state index contributed by atoms with van der Waals surface area (Å²) in [5.41, 5.74) is 7.76. The zero-order valence-corrected chi connectivity index (χ0v) is 11.6. The van der Waals surface area contributed by atoms with Crippen molar-refractivity contribution in [3.63, 3.8) is 0 Å². The van der Waals surface area contributed by atoms with Gasteiger partial charge in [-0.15, -0.1) is 0 Å². The Kier molecular flexibility index (Phi) is 5.36. The molecule has 0 fully saturated rings. The van der Waals surface area contributed by atoms with E-state index in [-0.39, 0.29) is 11.9 Å². The van der Waals surface area contributed by atoms with E-state index < -0.39 is 0 Å². The molecule has 0 aliphatic heterocycles. The maximum atomic E-state index is 12.2. The van der Waals surface area contributed by atoms with Crippen molar-refractivity contribution >= 4 is 17.6 Å². The third-order valence-electron chi connectivity index (χ3n) is 2.89. The fourth-order valence-electron chi connectivity index (χ4n) is 1.73. The number of nitrogens with zero attached hydrogens (tertiary/aromatic N) is 1. The molecule has 0 saturated carbocycles. The van der Waals surface area contributed by atoms with E-state index in [4.69, 9.17) is 5.73 Å². The highest BCUT2D eigenvalue weighted by atomic mass is 16.5. The number of carbonyl (C=O) groups excluding carboxylic acids is 2. The van der Waals surface area contributed by atoms with Crippen molar-refractivity contribution in [3.8, 4) is 0 Å². The van der Waals surface area contributed by atoms with Gasteiger partial charge >= 0.3 is 5.97 Å². The van der Waals surface area contributed by atoms with Crippen LogP contribution in [0.2, 0.25) is 0 Å². The number of amides is 1. The fourth-order valence-corrected chi connectivity index (χ4v) is 1.73. The first-order valence-electron chi connectivity index (χ1n) is 6.14. The SMILES string of the molecule is COC(=O)CCCN(C)C(=O)c1cc(C)ccc1N. The molecule has 2 N–H and O–H groups in total. The number of aryl methyl sites for hydroxylation is 1. The van der Waals surface area contributed by atoms with E-state index in [0.29, 0.717) is 30.6 Å². The molecule has 0 atom stereocenters. The first-order chi connectivity index (χ1) is 8.95. The topological polar surface area (TPSA) is 72.6 Å². The molecule has 0 bridgehead atoms. The Morgan fingerprint density at radius 2 is 2.05 bits per heavy atom. The Labute approximate surface area is 113 Å². The summed E-state index contributed by atoms with van der Waals surface area (Å²) in [7, 11) is 3.05. The van der Waals surface area contributed by atoms with Crippen molar-refractivity contribution in [2.75, 3.05) is 26.4 Å². The highest BCUT2D eigenvalue weighted by molar-refractivity contribution is 5.99. The van der Waals surface area contributed by atoms with Crippen LogP contribution >= 0.6 is 0 Å². The number of hydrogen-bond donors (Lipinski definition) is 1. The molecule has 0 unspecified atom stereocenters. The van der Waals surface area contributed by atoms with Gasteiger partial charge in [0.25, 0.3) is 5.91 Å². The molecule has 5 heteroatoms. The molecule has 0 aromatic heterocycles. The minimum atomic E-state index is -0.268. The summed E-state index contributed by atoms with van der Waals surface area (Å²) in [6.45, 7) is 2.40. The Morgan fingerprint density at radius 1 is 1.37 bits per heavy atom. The van der Waals surface area contributed by atoms with E-state index in [2.05, 4.69) is 4.74 Å². The van der Waals surface area contributed by atoms with Gasteiger partial charge in [0.1, 0.15) is 0 Å². The van der Waals surface area contributed by atoms with Gasteiger partial charge in [0, 0.05) is 25.7 Å². The summed E-state index contributed by atoms with van der Waals surface area (Å²) < 4.78 is 4.55. The molecule has 0 heterocycles. The Morgan fingerprint density at radius 3 is 2.68 bits per heavy atom. The second-order valence-electron chi connectivity index (χ2n) is 4.50. The van der Waals surface area contributed by atoms with Crippen molar-refractivity contribution in [2.45, 2.75) is 19.8 Å². The number of hydrogen-bond acceptors (Lipinski definition) is 4. The maximum absolute atomic E-state index is 12.2. The van der Waals surface area contributed by atoms with Gasteiger partial charge in [0.2, 0.25) is 0 Å². The van der Waals surface area contributed by atoms with Crippen LogP contribution in [0.15, 0.2) is 18.2 Å². The molecule has 0 spiro atoms. The second-order valence-corrected chi connectivity index (χ2v) is 4.50. The van der Waals surface area contributed by atoms with E-state index in [1.165, 1.54) is 7.11 Å². The molecule has 1 aromatic rings. The molecular formula is C14H20N2O3. The lowest BCUT2D eigenvalue weighted by Crippen LogP contribution is -2.28. The van der Waals surface area contributed by atoms with E-state index >= 15 is 0 Å². The Hall–Kier alpha value is -2.04. The number of rotatable bonds is 5. The van der Waals surface area contributed by atoms with Crippen molar-refractivity contribution in [3.05, 3.63) is 29.3 Å². The molecule has 0 radical (unpaired) electrons. The highest BCUT2D eigenvalue weighted by Gasteiger charge is 2.15. The lowest BCUT2D eigenvalue weighted by Gasteiger charge is -2.18. The molecule has 1 aromatic carbocycles. The van der Waals surface area contributed by atoms with Crippen LogP contribution in [0.3, 0.4) is 0 Å². The zero-order chi connectivity index (χ0) is 14.4. The fraction of sp³-hybridized carbons (Fsp3) is 0.429. The first kappa shape index (κ1) is 15.0.